The van der Waals surface area contributed by atoms with Crippen LogP contribution < -0.4 is 4.74 Å². The number of ether oxygens (including phenoxy) is 1. The first-order chi connectivity index (χ1) is 8.71. The molecule has 1 unspecified atom stereocenters. The van der Waals surface area contributed by atoms with Crippen LogP contribution in [0.15, 0.2) is 22.7 Å². The van der Waals surface area contributed by atoms with Gasteiger partial charge in [0.25, 0.3) is 0 Å². The highest BCUT2D eigenvalue weighted by Crippen LogP contribution is 2.69. The molecule has 1 aromatic carbocycles. The van der Waals surface area contributed by atoms with Gasteiger partial charge in [-0.05, 0) is 40.5 Å². The summed E-state index contributed by atoms with van der Waals surface area (Å²) >= 11 is 3.48. The highest BCUT2D eigenvalue weighted by molar-refractivity contribution is 9.10. The van der Waals surface area contributed by atoms with Crippen LogP contribution in [0.25, 0.3) is 0 Å². The largest absolute Gasteiger partial charge is 0.496 e. The maximum Gasteiger partial charge on any atom is 0.122 e. The van der Waals surface area contributed by atoms with Gasteiger partial charge in [-0.1, -0.05) is 43.6 Å². The van der Waals surface area contributed by atoms with Crippen molar-refractivity contribution in [1.82, 2.24) is 0 Å². The zero-order chi connectivity index (χ0) is 14.4. The molecule has 2 nitrogen and oxygen atoms in total. The molecule has 1 aliphatic rings. The van der Waals surface area contributed by atoms with Gasteiger partial charge in [0, 0.05) is 10.9 Å². The first-order valence-electron chi connectivity index (χ1n) is 6.72. The summed E-state index contributed by atoms with van der Waals surface area (Å²) in [5, 5.41) is 10.6. The summed E-state index contributed by atoms with van der Waals surface area (Å²) in [6.45, 7) is 8.94. The monoisotopic (exact) mass is 326 g/mol. The third-order valence-corrected chi connectivity index (χ3v) is 5.68. The van der Waals surface area contributed by atoms with E-state index in [0.29, 0.717) is 12.3 Å². The maximum absolute atomic E-state index is 10.6. The highest BCUT2D eigenvalue weighted by atomic mass is 79.9. The summed E-state index contributed by atoms with van der Waals surface area (Å²) in [5.74, 6) is 1.18. The van der Waals surface area contributed by atoms with E-state index in [0.717, 1.165) is 15.8 Å². The van der Waals surface area contributed by atoms with Gasteiger partial charge in [0.1, 0.15) is 5.75 Å². The maximum atomic E-state index is 10.6. The molecule has 1 fully saturated rings. The minimum Gasteiger partial charge on any atom is -0.496 e. The molecule has 0 aliphatic heterocycles. The van der Waals surface area contributed by atoms with Crippen molar-refractivity contribution in [2.75, 3.05) is 7.11 Å². The Morgan fingerprint density at radius 3 is 2.32 bits per heavy atom. The van der Waals surface area contributed by atoms with E-state index in [2.05, 4.69) is 43.6 Å². The minimum atomic E-state index is -0.326. The number of hydrogen-bond acceptors (Lipinski definition) is 2. The Labute approximate surface area is 124 Å². The van der Waals surface area contributed by atoms with Crippen molar-refractivity contribution >= 4 is 15.9 Å². The second-order valence-electron chi connectivity index (χ2n) is 6.65. The van der Waals surface area contributed by atoms with Gasteiger partial charge in [-0.25, -0.2) is 0 Å². The molecular weight excluding hydrogens is 304 g/mol. The summed E-state index contributed by atoms with van der Waals surface area (Å²) in [4.78, 5) is 0. The van der Waals surface area contributed by atoms with Crippen LogP contribution in [0.3, 0.4) is 0 Å². The number of aliphatic hydroxyl groups excluding tert-OH is 1. The van der Waals surface area contributed by atoms with E-state index in [9.17, 15) is 5.11 Å². The lowest BCUT2D eigenvalue weighted by atomic mass is 9.99. The van der Waals surface area contributed by atoms with Crippen molar-refractivity contribution in [2.45, 2.75) is 40.2 Å². The van der Waals surface area contributed by atoms with E-state index in [-0.39, 0.29) is 16.9 Å². The predicted octanol–water partition coefficient (Wildman–Crippen LogP) is 4.04. The number of benzene rings is 1. The van der Waals surface area contributed by atoms with Crippen molar-refractivity contribution in [1.29, 1.82) is 0 Å². The lowest BCUT2D eigenvalue weighted by molar-refractivity contribution is 0.128. The van der Waals surface area contributed by atoms with Crippen LogP contribution in [0.5, 0.6) is 5.75 Å². The van der Waals surface area contributed by atoms with Crippen LogP contribution in [-0.4, -0.2) is 18.3 Å². The SMILES string of the molecule is COc1ccc(Br)cc1CC(O)C1C(C)(C)C1(C)C. The zero-order valence-electron chi connectivity index (χ0n) is 12.3. The van der Waals surface area contributed by atoms with Crippen molar-refractivity contribution in [2.24, 2.45) is 16.7 Å². The second-order valence-corrected chi connectivity index (χ2v) is 7.56. The molecule has 19 heavy (non-hydrogen) atoms. The van der Waals surface area contributed by atoms with Crippen LogP contribution in [0.1, 0.15) is 33.3 Å². The van der Waals surface area contributed by atoms with E-state index in [4.69, 9.17) is 4.74 Å². The number of rotatable bonds is 4. The smallest absolute Gasteiger partial charge is 0.122 e. The second kappa shape index (κ2) is 4.78. The third-order valence-electron chi connectivity index (χ3n) is 5.19. The molecule has 1 saturated carbocycles. The Balaban J connectivity index is 2.17. The van der Waals surface area contributed by atoms with Gasteiger partial charge in [0.15, 0.2) is 0 Å². The molecule has 0 aromatic heterocycles. The zero-order valence-corrected chi connectivity index (χ0v) is 13.9. The van der Waals surface area contributed by atoms with Gasteiger partial charge in [-0.3, -0.25) is 0 Å². The lowest BCUT2D eigenvalue weighted by Crippen LogP contribution is -2.18. The van der Waals surface area contributed by atoms with Crippen LogP contribution >= 0.6 is 15.9 Å². The Bertz CT molecular complexity index is 466. The number of aliphatic hydroxyl groups is 1. The number of halogens is 1. The fraction of sp³-hybridized carbons (Fsp3) is 0.625. The third kappa shape index (κ3) is 2.43. The Morgan fingerprint density at radius 2 is 1.84 bits per heavy atom. The summed E-state index contributed by atoms with van der Waals surface area (Å²) < 4.78 is 6.39. The van der Waals surface area contributed by atoms with E-state index in [1.54, 1.807) is 7.11 Å². The molecule has 1 N–H and O–H groups in total. The van der Waals surface area contributed by atoms with Gasteiger partial charge in [-0.2, -0.15) is 0 Å². The van der Waals surface area contributed by atoms with Crippen LogP contribution in [0, 0.1) is 16.7 Å². The fourth-order valence-electron chi connectivity index (χ4n) is 3.46. The number of methoxy groups -OCH3 is 1. The van der Waals surface area contributed by atoms with Crippen molar-refractivity contribution < 1.29 is 9.84 Å². The van der Waals surface area contributed by atoms with Gasteiger partial charge >= 0.3 is 0 Å². The van der Waals surface area contributed by atoms with E-state index >= 15 is 0 Å². The normalized spacial score (nSPS) is 22.1. The Kier molecular flexibility index (Phi) is 3.74. The fourth-order valence-corrected chi connectivity index (χ4v) is 3.87. The van der Waals surface area contributed by atoms with Crippen LogP contribution in [-0.2, 0) is 6.42 Å². The average Bonchev–Trinajstić information content (AvgIpc) is 2.69. The summed E-state index contributed by atoms with van der Waals surface area (Å²) in [6.07, 6.45) is 0.313. The van der Waals surface area contributed by atoms with E-state index < -0.39 is 0 Å². The average molecular weight is 327 g/mol. The molecular formula is C16H23BrO2. The van der Waals surface area contributed by atoms with Crippen LogP contribution in [0.2, 0.25) is 0 Å². The molecule has 0 radical (unpaired) electrons. The molecule has 0 amide bonds. The molecule has 1 aliphatic carbocycles. The molecule has 106 valence electrons. The Hall–Kier alpha value is -0.540. The molecule has 0 spiro atoms. The van der Waals surface area contributed by atoms with Gasteiger partial charge < -0.3 is 9.84 Å². The summed E-state index contributed by atoms with van der Waals surface area (Å²) in [6, 6.07) is 5.93. The van der Waals surface area contributed by atoms with Crippen molar-refractivity contribution in [3.8, 4) is 5.75 Å². The van der Waals surface area contributed by atoms with Gasteiger partial charge in [-0.15, -0.1) is 0 Å². The number of hydrogen-bond donors (Lipinski definition) is 1. The standard InChI is InChI=1S/C16H23BrO2/c1-15(2)14(16(15,3)4)12(18)9-10-8-11(17)6-7-13(10)19-5/h6-8,12,14,18H,9H2,1-5H3. The highest BCUT2D eigenvalue weighted by Gasteiger charge is 2.66. The Morgan fingerprint density at radius 1 is 1.26 bits per heavy atom. The minimum absolute atomic E-state index is 0.200. The molecule has 2 rings (SSSR count). The molecule has 1 aromatic rings. The van der Waals surface area contributed by atoms with Gasteiger partial charge in [0.05, 0.1) is 13.2 Å². The van der Waals surface area contributed by atoms with E-state index in [1.807, 2.05) is 18.2 Å². The molecule has 3 heteroatoms. The topological polar surface area (TPSA) is 29.5 Å². The van der Waals surface area contributed by atoms with E-state index in [1.165, 1.54) is 0 Å². The first kappa shape index (κ1) is 14.9. The van der Waals surface area contributed by atoms with Crippen molar-refractivity contribution in [3.05, 3.63) is 28.2 Å². The quantitative estimate of drug-likeness (QED) is 0.904. The summed E-state index contributed by atoms with van der Waals surface area (Å²) in [7, 11) is 1.67. The van der Waals surface area contributed by atoms with Crippen LogP contribution in [0.4, 0.5) is 0 Å². The predicted molar refractivity (Wildman–Crippen MR) is 81.5 cm³/mol. The molecule has 1 atom stereocenters. The molecule has 0 saturated heterocycles. The first-order valence-corrected chi connectivity index (χ1v) is 7.51. The lowest BCUT2D eigenvalue weighted by Gasteiger charge is -2.15. The van der Waals surface area contributed by atoms with Gasteiger partial charge in [0.2, 0.25) is 0 Å². The summed E-state index contributed by atoms with van der Waals surface area (Å²) in [5.41, 5.74) is 1.46. The molecule has 0 heterocycles. The molecule has 0 bridgehead atoms. The van der Waals surface area contributed by atoms with Crippen molar-refractivity contribution in [3.63, 3.8) is 0 Å².